The standard InChI is InChI=1S/C17H19N5O/c1-10-14(11-5-3-4-6-13(11)22(10)2)16-20-15(18)12-9-19-7-8-23-17(12)21-16/h3-6,19H,7-9H2,1-2H3,(H2,18,20,21). The molecule has 0 aliphatic carbocycles. The molecule has 3 N–H and O–H groups in total. The molecule has 0 amide bonds. The van der Waals surface area contributed by atoms with Crippen molar-refractivity contribution in [2.24, 2.45) is 7.05 Å². The summed E-state index contributed by atoms with van der Waals surface area (Å²) < 4.78 is 7.90. The Balaban J connectivity index is 1.97. The van der Waals surface area contributed by atoms with Gasteiger partial charge >= 0.3 is 0 Å². The predicted molar refractivity (Wildman–Crippen MR) is 90.3 cm³/mol. The molecule has 0 fully saturated rings. The first-order valence-corrected chi connectivity index (χ1v) is 7.71. The lowest BCUT2D eigenvalue weighted by molar-refractivity contribution is 0.314. The van der Waals surface area contributed by atoms with Crippen LogP contribution in [-0.2, 0) is 13.6 Å². The summed E-state index contributed by atoms with van der Waals surface area (Å²) in [4.78, 5) is 9.22. The highest BCUT2D eigenvalue weighted by atomic mass is 16.5. The molecule has 0 spiro atoms. The van der Waals surface area contributed by atoms with Gasteiger partial charge in [0.2, 0.25) is 5.88 Å². The van der Waals surface area contributed by atoms with Crippen molar-refractivity contribution in [1.82, 2.24) is 19.9 Å². The number of nitrogens with zero attached hydrogens (tertiary/aromatic N) is 3. The van der Waals surface area contributed by atoms with Gasteiger partial charge in [-0.1, -0.05) is 18.2 Å². The smallest absolute Gasteiger partial charge is 0.223 e. The molecule has 6 heteroatoms. The molecule has 23 heavy (non-hydrogen) atoms. The number of benzene rings is 1. The van der Waals surface area contributed by atoms with Crippen LogP contribution in [-0.4, -0.2) is 27.7 Å². The third-order valence-electron chi connectivity index (χ3n) is 4.44. The van der Waals surface area contributed by atoms with E-state index in [9.17, 15) is 0 Å². The molecule has 0 atom stereocenters. The fourth-order valence-electron chi connectivity index (χ4n) is 3.11. The molecule has 0 unspecified atom stereocenters. The Morgan fingerprint density at radius 1 is 1.26 bits per heavy atom. The number of fused-ring (bicyclic) bond motifs is 2. The van der Waals surface area contributed by atoms with Gasteiger partial charge < -0.3 is 20.4 Å². The Hall–Kier alpha value is -2.60. The van der Waals surface area contributed by atoms with Crippen molar-refractivity contribution >= 4 is 16.7 Å². The molecular formula is C17H19N5O. The van der Waals surface area contributed by atoms with Crippen LogP contribution < -0.4 is 15.8 Å². The average Bonchev–Trinajstić information content (AvgIpc) is 2.71. The lowest BCUT2D eigenvalue weighted by Gasteiger charge is -2.10. The molecule has 1 aliphatic heterocycles. The lowest BCUT2D eigenvalue weighted by Crippen LogP contribution is -2.16. The predicted octanol–water partition coefficient (Wildman–Crippen LogP) is 2.01. The van der Waals surface area contributed by atoms with Crippen LogP contribution in [0.4, 0.5) is 5.82 Å². The number of anilines is 1. The summed E-state index contributed by atoms with van der Waals surface area (Å²) in [5, 5.41) is 4.38. The Morgan fingerprint density at radius 2 is 2.09 bits per heavy atom. The van der Waals surface area contributed by atoms with Crippen molar-refractivity contribution in [2.45, 2.75) is 13.5 Å². The topological polar surface area (TPSA) is 78.0 Å². The van der Waals surface area contributed by atoms with Gasteiger partial charge in [-0.05, 0) is 13.0 Å². The Bertz CT molecular complexity index is 900. The van der Waals surface area contributed by atoms with E-state index < -0.39 is 0 Å². The van der Waals surface area contributed by atoms with Crippen LogP contribution in [0.15, 0.2) is 24.3 Å². The second-order valence-electron chi connectivity index (χ2n) is 5.78. The number of hydrogen-bond acceptors (Lipinski definition) is 5. The van der Waals surface area contributed by atoms with Crippen LogP contribution in [0, 0.1) is 6.92 Å². The van der Waals surface area contributed by atoms with E-state index in [2.05, 4.69) is 38.9 Å². The summed E-state index contributed by atoms with van der Waals surface area (Å²) in [6, 6.07) is 8.25. The molecule has 6 nitrogen and oxygen atoms in total. The number of nitrogen functional groups attached to an aromatic ring is 1. The zero-order valence-electron chi connectivity index (χ0n) is 13.3. The lowest BCUT2D eigenvalue weighted by atomic mass is 10.1. The van der Waals surface area contributed by atoms with Gasteiger partial charge in [-0.2, -0.15) is 4.98 Å². The van der Waals surface area contributed by atoms with E-state index in [0.29, 0.717) is 30.7 Å². The number of rotatable bonds is 1. The summed E-state index contributed by atoms with van der Waals surface area (Å²) in [6.45, 7) is 4.06. The number of hydrogen-bond donors (Lipinski definition) is 2. The molecule has 0 radical (unpaired) electrons. The van der Waals surface area contributed by atoms with Crippen molar-refractivity contribution in [2.75, 3.05) is 18.9 Å². The van der Waals surface area contributed by atoms with Crippen LogP contribution in [0.5, 0.6) is 5.88 Å². The molecule has 2 aromatic heterocycles. The maximum absolute atomic E-state index is 6.17. The highest BCUT2D eigenvalue weighted by Crippen LogP contribution is 2.34. The van der Waals surface area contributed by atoms with Crippen molar-refractivity contribution in [1.29, 1.82) is 0 Å². The van der Waals surface area contributed by atoms with Gasteiger partial charge in [0, 0.05) is 42.3 Å². The number of aryl methyl sites for hydroxylation is 1. The molecule has 3 heterocycles. The fraction of sp³-hybridized carbons (Fsp3) is 0.294. The summed E-state index contributed by atoms with van der Waals surface area (Å²) in [6.07, 6.45) is 0. The van der Waals surface area contributed by atoms with E-state index in [1.165, 1.54) is 0 Å². The third kappa shape index (κ3) is 2.14. The van der Waals surface area contributed by atoms with Gasteiger partial charge in [0.15, 0.2) is 5.82 Å². The molecule has 118 valence electrons. The number of nitrogens with one attached hydrogen (secondary N) is 1. The molecular weight excluding hydrogens is 290 g/mol. The van der Waals surface area contributed by atoms with E-state index in [1.54, 1.807) is 0 Å². The molecule has 0 saturated heterocycles. The monoisotopic (exact) mass is 309 g/mol. The van der Waals surface area contributed by atoms with Gasteiger partial charge in [0.25, 0.3) is 0 Å². The first-order chi connectivity index (χ1) is 11.2. The minimum atomic E-state index is 0.478. The Morgan fingerprint density at radius 3 is 2.96 bits per heavy atom. The summed E-state index contributed by atoms with van der Waals surface area (Å²) >= 11 is 0. The summed E-state index contributed by atoms with van der Waals surface area (Å²) in [7, 11) is 2.05. The van der Waals surface area contributed by atoms with Crippen molar-refractivity contribution in [3.05, 3.63) is 35.5 Å². The first-order valence-electron chi connectivity index (χ1n) is 7.71. The zero-order chi connectivity index (χ0) is 16.0. The van der Waals surface area contributed by atoms with E-state index in [1.807, 2.05) is 19.2 Å². The minimum absolute atomic E-state index is 0.478. The van der Waals surface area contributed by atoms with Crippen LogP contribution in [0.2, 0.25) is 0 Å². The normalized spacial score (nSPS) is 14.3. The maximum Gasteiger partial charge on any atom is 0.223 e. The fourth-order valence-corrected chi connectivity index (χ4v) is 3.11. The van der Waals surface area contributed by atoms with E-state index in [-0.39, 0.29) is 0 Å². The SMILES string of the molecule is Cc1c(-c2nc(N)c3c(n2)OCCNC3)c2ccccc2n1C. The minimum Gasteiger partial charge on any atom is -0.476 e. The third-order valence-corrected chi connectivity index (χ3v) is 4.44. The highest BCUT2D eigenvalue weighted by molar-refractivity contribution is 5.96. The van der Waals surface area contributed by atoms with Crippen molar-refractivity contribution in [3.8, 4) is 17.3 Å². The van der Waals surface area contributed by atoms with E-state index >= 15 is 0 Å². The van der Waals surface area contributed by atoms with Crippen LogP contribution in [0.25, 0.3) is 22.3 Å². The molecule has 0 bridgehead atoms. The average molecular weight is 309 g/mol. The number of aromatic nitrogens is 3. The summed E-state index contributed by atoms with van der Waals surface area (Å²) in [5.41, 5.74) is 10.3. The zero-order valence-corrected chi connectivity index (χ0v) is 13.3. The van der Waals surface area contributed by atoms with Crippen LogP contribution in [0.3, 0.4) is 0 Å². The van der Waals surface area contributed by atoms with E-state index in [4.69, 9.17) is 10.5 Å². The molecule has 1 aromatic carbocycles. The maximum atomic E-state index is 6.17. The van der Waals surface area contributed by atoms with Gasteiger partial charge in [-0.15, -0.1) is 0 Å². The number of nitrogens with two attached hydrogens (primary N) is 1. The quantitative estimate of drug-likeness (QED) is 0.719. The van der Waals surface area contributed by atoms with Crippen LogP contribution >= 0.6 is 0 Å². The second kappa shape index (κ2) is 5.24. The largest absolute Gasteiger partial charge is 0.476 e. The number of para-hydroxylation sites is 1. The number of ether oxygens (including phenoxy) is 1. The first kappa shape index (κ1) is 14.0. The Labute approximate surface area is 134 Å². The molecule has 3 aromatic rings. The van der Waals surface area contributed by atoms with Crippen LogP contribution in [0.1, 0.15) is 11.3 Å². The van der Waals surface area contributed by atoms with Crippen molar-refractivity contribution < 1.29 is 4.74 Å². The van der Waals surface area contributed by atoms with E-state index in [0.717, 1.165) is 34.3 Å². The summed E-state index contributed by atoms with van der Waals surface area (Å²) in [5.74, 6) is 1.69. The van der Waals surface area contributed by atoms with Gasteiger partial charge in [-0.25, -0.2) is 4.98 Å². The molecule has 0 saturated carbocycles. The van der Waals surface area contributed by atoms with Gasteiger partial charge in [0.05, 0.1) is 5.56 Å². The molecule has 1 aliphatic rings. The Kier molecular flexibility index (Phi) is 3.20. The van der Waals surface area contributed by atoms with Gasteiger partial charge in [-0.3, -0.25) is 0 Å². The van der Waals surface area contributed by atoms with Crippen molar-refractivity contribution in [3.63, 3.8) is 0 Å². The molecule has 4 rings (SSSR count). The highest BCUT2D eigenvalue weighted by Gasteiger charge is 2.21. The second-order valence-corrected chi connectivity index (χ2v) is 5.78. The van der Waals surface area contributed by atoms with Gasteiger partial charge in [0.1, 0.15) is 12.4 Å².